The van der Waals surface area contributed by atoms with Gasteiger partial charge >= 0.3 is 6.03 Å². The molecule has 0 aliphatic carbocycles. The molecule has 0 aliphatic rings. The maximum absolute atomic E-state index is 10.7. The molecule has 1 rings (SSSR count). The summed E-state index contributed by atoms with van der Waals surface area (Å²) in [5.41, 5.74) is 3.12. The molecule has 0 saturated carbocycles. The Morgan fingerprint density at radius 3 is 2.67 bits per heavy atom. The Morgan fingerprint density at radius 2 is 2.08 bits per heavy atom. The van der Waals surface area contributed by atoms with Crippen molar-refractivity contribution in [1.82, 2.24) is 5.48 Å². The van der Waals surface area contributed by atoms with Crippen LogP contribution in [-0.4, -0.2) is 11.2 Å². The van der Waals surface area contributed by atoms with Crippen LogP contribution in [0.1, 0.15) is 5.56 Å². The van der Waals surface area contributed by atoms with Crippen molar-refractivity contribution >= 4 is 11.7 Å². The van der Waals surface area contributed by atoms with Crippen LogP contribution in [0.2, 0.25) is 0 Å². The summed E-state index contributed by atoms with van der Waals surface area (Å²) in [4.78, 5) is 10.7. The molecule has 1 aromatic carbocycles. The molecule has 0 aliphatic heterocycles. The van der Waals surface area contributed by atoms with E-state index in [0.717, 1.165) is 5.56 Å². The van der Waals surface area contributed by atoms with Crippen molar-refractivity contribution in [2.75, 3.05) is 5.32 Å². The lowest BCUT2D eigenvalue weighted by atomic mass is 10.2. The van der Waals surface area contributed by atoms with Crippen LogP contribution < -0.4 is 10.8 Å². The summed E-state index contributed by atoms with van der Waals surface area (Å²) in [7, 11) is 0. The van der Waals surface area contributed by atoms with E-state index >= 15 is 0 Å². The van der Waals surface area contributed by atoms with Crippen LogP contribution in [0.15, 0.2) is 24.3 Å². The lowest BCUT2D eigenvalue weighted by Crippen LogP contribution is -2.25. The predicted octanol–water partition coefficient (Wildman–Crippen LogP) is 1.51. The van der Waals surface area contributed by atoms with E-state index in [-0.39, 0.29) is 0 Å². The molecule has 0 aromatic heterocycles. The minimum Gasteiger partial charge on any atom is -0.306 e. The second-order valence-electron chi connectivity index (χ2n) is 2.38. The SMILES string of the molecule is Cc1ccccc1NC(=O)NO. The molecule has 0 spiro atoms. The van der Waals surface area contributed by atoms with Crippen LogP contribution in [0.5, 0.6) is 0 Å². The lowest BCUT2D eigenvalue weighted by molar-refractivity contribution is 0.172. The van der Waals surface area contributed by atoms with E-state index in [2.05, 4.69) is 5.32 Å². The second-order valence-corrected chi connectivity index (χ2v) is 2.38. The maximum Gasteiger partial charge on any atom is 0.342 e. The van der Waals surface area contributed by atoms with Crippen molar-refractivity contribution in [3.63, 3.8) is 0 Å². The molecular weight excluding hydrogens is 156 g/mol. The van der Waals surface area contributed by atoms with Gasteiger partial charge in [-0.15, -0.1) is 0 Å². The number of hydrogen-bond donors (Lipinski definition) is 3. The van der Waals surface area contributed by atoms with Gasteiger partial charge in [0.25, 0.3) is 0 Å². The third kappa shape index (κ3) is 1.96. The summed E-state index contributed by atoms with van der Waals surface area (Å²) in [5.74, 6) is 0. The summed E-state index contributed by atoms with van der Waals surface area (Å²) in [6.45, 7) is 1.87. The highest BCUT2D eigenvalue weighted by molar-refractivity contribution is 5.89. The fourth-order valence-electron chi connectivity index (χ4n) is 0.863. The fourth-order valence-corrected chi connectivity index (χ4v) is 0.863. The van der Waals surface area contributed by atoms with Gasteiger partial charge in [0.1, 0.15) is 0 Å². The monoisotopic (exact) mass is 166 g/mol. The van der Waals surface area contributed by atoms with Crippen LogP contribution in [-0.2, 0) is 0 Å². The molecule has 1 aromatic rings. The third-order valence-corrected chi connectivity index (χ3v) is 1.49. The number of hydroxylamine groups is 1. The predicted molar refractivity (Wildman–Crippen MR) is 45.1 cm³/mol. The zero-order valence-corrected chi connectivity index (χ0v) is 6.66. The highest BCUT2D eigenvalue weighted by Crippen LogP contribution is 2.12. The number of amides is 2. The molecule has 0 unspecified atom stereocenters. The molecule has 3 N–H and O–H groups in total. The summed E-state index contributed by atoms with van der Waals surface area (Å²) < 4.78 is 0. The minimum absolute atomic E-state index is 0.635. The zero-order chi connectivity index (χ0) is 8.97. The first-order valence-electron chi connectivity index (χ1n) is 3.51. The number of hydrogen-bond acceptors (Lipinski definition) is 2. The highest BCUT2D eigenvalue weighted by atomic mass is 16.5. The molecule has 4 heteroatoms. The van der Waals surface area contributed by atoms with Gasteiger partial charge in [0.15, 0.2) is 0 Å². The Hall–Kier alpha value is -1.55. The minimum atomic E-state index is -0.635. The third-order valence-electron chi connectivity index (χ3n) is 1.49. The number of nitrogens with one attached hydrogen (secondary N) is 2. The fraction of sp³-hybridized carbons (Fsp3) is 0.125. The summed E-state index contributed by atoms with van der Waals surface area (Å²) >= 11 is 0. The molecule has 0 bridgehead atoms. The number of carbonyl (C=O) groups excluding carboxylic acids is 1. The quantitative estimate of drug-likeness (QED) is 0.437. The van der Waals surface area contributed by atoms with Crippen LogP contribution in [0, 0.1) is 6.92 Å². The summed E-state index contributed by atoms with van der Waals surface area (Å²) in [6.07, 6.45) is 0. The van der Waals surface area contributed by atoms with E-state index in [0.29, 0.717) is 5.69 Å². The highest BCUT2D eigenvalue weighted by Gasteiger charge is 2.00. The average Bonchev–Trinajstić information content (AvgIpc) is 2.09. The van der Waals surface area contributed by atoms with Crippen molar-refractivity contribution in [1.29, 1.82) is 0 Å². The smallest absolute Gasteiger partial charge is 0.306 e. The Morgan fingerprint density at radius 1 is 1.42 bits per heavy atom. The first kappa shape index (κ1) is 8.55. The first-order chi connectivity index (χ1) is 5.74. The number of urea groups is 1. The zero-order valence-electron chi connectivity index (χ0n) is 6.66. The van der Waals surface area contributed by atoms with E-state index in [1.165, 1.54) is 5.48 Å². The molecule has 4 nitrogen and oxygen atoms in total. The van der Waals surface area contributed by atoms with E-state index in [4.69, 9.17) is 5.21 Å². The largest absolute Gasteiger partial charge is 0.342 e. The lowest BCUT2D eigenvalue weighted by Gasteiger charge is -2.05. The number of benzene rings is 1. The molecule has 0 fully saturated rings. The van der Waals surface area contributed by atoms with E-state index in [9.17, 15) is 4.79 Å². The van der Waals surface area contributed by atoms with Gasteiger partial charge in [-0.2, -0.15) is 0 Å². The van der Waals surface area contributed by atoms with Gasteiger partial charge in [-0.3, -0.25) is 5.21 Å². The molecule has 0 atom stereocenters. The average molecular weight is 166 g/mol. The number of para-hydroxylation sites is 1. The molecule has 2 amide bonds. The van der Waals surface area contributed by atoms with Crippen molar-refractivity contribution in [3.8, 4) is 0 Å². The first-order valence-corrected chi connectivity index (χ1v) is 3.51. The molecule has 64 valence electrons. The summed E-state index contributed by atoms with van der Waals surface area (Å²) in [6, 6.07) is 6.67. The Labute approximate surface area is 70.2 Å². The normalized spacial score (nSPS) is 9.17. The Kier molecular flexibility index (Phi) is 2.66. The van der Waals surface area contributed by atoms with E-state index in [1.807, 2.05) is 19.1 Å². The van der Waals surface area contributed by atoms with Crippen LogP contribution >= 0.6 is 0 Å². The van der Waals surface area contributed by atoms with Crippen LogP contribution in [0.3, 0.4) is 0 Å². The number of rotatable bonds is 1. The number of carbonyl (C=O) groups is 1. The van der Waals surface area contributed by atoms with Gasteiger partial charge in [-0.1, -0.05) is 18.2 Å². The maximum atomic E-state index is 10.7. The topological polar surface area (TPSA) is 61.4 Å². The molecule has 0 saturated heterocycles. The van der Waals surface area contributed by atoms with Crippen LogP contribution in [0.25, 0.3) is 0 Å². The van der Waals surface area contributed by atoms with Gasteiger partial charge in [0, 0.05) is 5.69 Å². The molecule has 0 radical (unpaired) electrons. The molecule has 12 heavy (non-hydrogen) atoms. The van der Waals surface area contributed by atoms with Gasteiger partial charge < -0.3 is 5.32 Å². The Bertz CT molecular complexity index is 286. The van der Waals surface area contributed by atoms with E-state index < -0.39 is 6.03 Å². The van der Waals surface area contributed by atoms with Crippen molar-refractivity contribution in [2.45, 2.75) is 6.92 Å². The molecule has 0 heterocycles. The summed E-state index contributed by atoms with van der Waals surface area (Å²) in [5, 5.41) is 10.7. The van der Waals surface area contributed by atoms with Gasteiger partial charge in [0.05, 0.1) is 0 Å². The van der Waals surface area contributed by atoms with Crippen molar-refractivity contribution < 1.29 is 10.0 Å². The number of anilines is 1. The van der Waals surface area contributed by atoms with Gasteiger partial charge in [0.2, 0.25) is 0 Å². The van der Waals surface area contributed by atoms with Gasteiger partial charge in [-0.25, -0.2) is 10.3 Å². The second kappa shape index (κ2) is 3.73. The standard InChI is InChI=1S/C8H10N2O2/c1-6-4-2-3-5-7(6)9-8(11)10-12/h2-5,12H,1H3,(H2,9,10,11). The molecular formula is C8H10N2O2. The number of aryl methyl sites for hydroxylation is 1. The van der Waals surface area contributed by atoms with E-state index in [1.54, 1.807) is 12.1 Å². The van der Waals surface area contributed by atoms with Crippen molar-refractivity contribution in [2.24, 2.45) is 0 Å². The van der Waals surface area contributed by atoms with Gasteiger partial charge in [-0.05, 0) is 18.6 Å². The Balaban J connectivity index is 2.75. The van der Waals surface area contributed by atoms with Crippen molar-refractivity contribution in [3.05, 3.63) is 29.8 Å². The van der Waals surface area contributed by atoms with Crippen LogP contribution in [0.4, 0.5) is 10.5 Å².